The van der Waals surface area contributed by atoms with Crippen molar-refractivity contribution >= 4 is 0 Å². The van der Waals surface area contributed by atoms with E-state index in [2.05, 4.69) is 84.2 Å². The molecule has 0 radical (unpaired) electrons. The number of nitrogens with one attached hydrogen (secondary N) is 1. The molecule has 3 aromatic rings. The standard InChI is InChI=1S/C30H44N6O/c1-8-36-26(16-20(3)4)19-28(34-36)30-31-29(32-33-30)25-17-21(5)27(22(6)18-25)12-15-35-13-10-24(11-14-35)23(7)37-9-2/h17-20,24H,7-16H2,1-6H3,(H,31,32,33). The summed E-state index contributed by atoms with van der Waals surface area (Å²) in [5.41, 5.74) is 7.22. The van der Waals surface area contributed by atoms with Crippen LogP contribution in [0.5, 0.6) is 0 Å². The fourth-order valence-corrected chi connectivity index (χ4v) is 5.51. The fourth-order valence-electron chi connectivity index (χ4n) is 5.51. The Bertz CT molecular complexity index is 1180. The van der Waals surface area contributed by atoms with Crippen molar-refractivity contribution in [2.75, 3.05) is 26.2 Å². The second kappa shape index (κ2) is 12.1. The summed E-state index contributed by atoms with van der Waals surface area (Å²) in [6.45, 7) is 22.0. The molecule has 200 valence electrons. The number of aromatic nitrogens is 5. The molecule has 0 unspecified atom stereocenters. The van der Waals surface area contributed by atoms with Crippen molar-refractivity contribution in [3.8, 4) is 22.9 Å². The van der Waals surface area contributed by atoms with Crippen LogP contribution >= 0.6 is 0 Å². The predicted octanol–water partition coefficient (Wildman–Crippen LogP) is 5.98. The average molecular weight is 505 g/mol. The molecule has 0 amide bonds. The van der Waals surface area contributed by atoms with Gasteiger partial charge in [-0.05, 0) is 107 Å². The summed E-state index contributed by atoms with van der Waals surface area (Å²) in [6.07, 6.45) is 4.34. The molecule has 0 atom stereocenters. The molecule has 3 heterocycles. The molecule has 0 saturated carbocycles. The molecule has 1 aromatic carbocycles. The molecule has 1 N–H and O–H groups in total. The number of aromatic amines is 1. The summed E-state index contributed by atoms with van der Waals surface area (Å²) in [5, 5.41) is 13.7. The van der Waals surface area contributed by atoms with Crippen molar-refractivity contribution in [2.24, 2.45) is 11.8 Å². The Balaban J connectivity index is 1.41. The van der Waals surface area contributed by atoms with Crippen molar-refractivity contribution in [2.45, 2.75) is 73.8 Å². The molecular formula is C30H44N6O. The molecule has 7 heteroatoms. The molecule has 4 rings (SSSR count). The third-order valence-corrected chi connectivity index (χ3v) is 7.53. The maximum atomic E-state index is 5.65. The van der Waals surface area contributed by atoms with Gasteiger partial charge in [0.25, 0.3) is 0 Å². The number of piperidine rings is 1. The van der Waals surface area contributed by atoms with Crippen LogP contribution in [-0.4, -0.2) is 56.1 Å². The van der Waals surface area contributed by atoms with Gasteiger partial charge in [0.05, 0.1) is 12.4 Å². The molecule has 7 nitrogen and oxygen atoms in total. The van der Waals surface area contributed by atoms with Gasteiger partial charge in [-0.15, -0.1) is 10.2 Å². The Morgan fingerprint density at radius 1 is 1.08 bits per heavy atom. The minimum absolute atomic E-state index is 0.503. The molecule has 1 fully saturated rings. The second-order valence-electron chi connectivity index (χ2n) is 10.8. The number of benzene rings is 1. The summed E-state index contributed by atoms with van der Waals surface area (Å²) >= 11 is 0. The third-order valence-electron chi connectivity index (χ3n) is 7.53. The van der Waals surface area contributed by atoms with Gasteiger partial charge in [0.1, 0.15) is 5.69 Å². The van der Waals surface area contributed by atoms with Gasteiger partial charge in [0.2, 0.25) is 0 Å². The van der Waals surface area contributed by atoms with E-state index in [9.17, 15) is 0 Å². The van der Waals surface area contributed by atoms with Crippen LogP contribution in [0.25, 0.3) is 22.9 Å². The number of aryl methyl sites for hydroxylation is 3. The van der Waals surface area contributed by atoms with Crippen LogP contribution in [-0.2, 0) is 24.1 Å². The van der Waals surface area contributed by atoms with Gasteiger partial charge in [0.15, 0.2) is 11.6 Å². The maximum Gasteiger partial charge on any atom is 0.182 e. The van der Waals surface area contributed by atoms with Crippen molar-refractivity contribution in [1.82, 2.24) is 29.9 Å². The number of allylic oxidation sites excluding steroid dienone is 1. The molecule has 37 heavy (non-hydrogen) atoms. The second-order valence-corrected chi connectivity index (χ2v) is 10.8. The first-order chi connectivity index (χ1) is 17.8. The Morgan fingerprint density at radius 3 is 2.38 bits per heavy atom. The van der Waals surface area contributed by atoms with Crippen LogP contribution in [0, 0.1) is 25.7 Å². The third kappa shape index (κ3) is 6.50. The van der Waals surface area contributed by atoms with E-state index in [0.717, 1.165) is 80.5 Å². The highest BCUT2D eigenvalue weighted by Crippen LogP contribution is 2.27. The average Bonchev–Trinajstić information content (AvgIpc) is 3.51. The molecule has 0 bridgehead atoms. The first-order valence-corrected chi connectivity index (χ1v) is 13.9. The van der Waals surface area contributed by atoms with E-state index < -0.39 is 0 Å². The van der Waals surface area contributed by atoms with Crippen LogP contribution in [0.4, 0.5) is 0 Å². The zero-order valence-corrected chi connectivity index (χ0v) is 23.6. The first kappa shape index (κ1) is 27.1. The SMILES string of the molecule is C=C(OCC)C1CCN(CCc2c(C)cc(-c3nnc(-c4cc(CC(C)C)n(CC)n4)[nH]3)cc2C)CC1. The smallest absolute Gasteiger partial charge is 0.182 e. The summed E-state index contributed by atoms with van der Waals surface area (Å²) < 4.78 is 7.71. The van der Waals surface area contributed by atoms with Gasteiger partial charge in [-0.2, -0.15) is 5.10 Å². The highest BCUT2D eigenvalue weighted by Gasteiger charge is 2.22. The number of rotatable bonds is 11. The summed E-state index contributed by atoms with van der Waals surface area (Å²) in [4.78, 5) is 6.00. The van der Waals surface area contributed by atoms with Gasteiger partial charge in [-0.1, -0.05) is 20.4 Å². The zero-order valence-electron chi connectivity index (χ0n) is 23.6. The summed E-state index contributed by atoms with van der Waals surface area (Å²) in [5.74, 6) is 3.57. The van der Waals surface area contributed by atoms with Gasteiger partial charge in [0, 0.05) is 30.3 Å². The number of nitrogens with zero attached hydrogens (tertiary/aromatic N) is 5. The Hall–Kier alpha value is -2.93. The van der Waals surface area contributed by atoms with Crippen LogP contribution in [0.3, 0.4) is 0 Å². The predicted molar refractivity (Wildman–Crippen MR) is 150 cm³/mol. The molecule has 1 aliphatic heterocycles. The van der Waals surface area contributed by atoms with Crippen molar-refractivity contribution < 1.29 is 4.74 Å². The van der Waals surface area contributed by atoms with Crippen LogP contribution in [0.1, 0.15) is 62.9 Å². The van der Waals surface area contributed by atoms with E-state index in [0.29, 0.717) is 18.4 Å². The summed E-state index contributed by atoms with van der Waals surface area (Å²) in [7, 11) is 0. The number of likely N-dealkylation sites (tertiary alicyclic amines) is 1. The first-order valence-electron chi connectivity index (χ1n) is 13.9. The largest absolute Gasteiger partial charge is 0.499 e. The Labute approximate surface area is 222 Å². The number of hydrogen-bond acceptors (Lipinski definition) is 5. The van der Waals surface area contributed by atoms with Gasteiger partial charge >= 0.3 is 0 Å². The molecule has 2 aromatic heterocycles. The Morgan fingerprint density at radius 2 is 1.76 bits per heavy atom. The normalized spacial score (nSPS) is 15.0. The minimum atomic E-state index is 0.503. The molecule has 1 aliphatic rings. The van der Waals surface area contributed by atoms with E-state index in [4.69, 9.17) is 9.84 Å². The molecule has 1 saturated heterocycles. The van der Waals surface area contributed by atoms with E-state index in [1.165, 1.54) is 22.4 Å². The van der Waals surface area contributed by atoms with Crippen LogP contribution in [0.15, 0.2) is 30.5 Å². The van der Waals surface area contributed by atoms with E-state index in [1.807, 2.05) is 6.92 Å². The fraction of sp³-hybridized carbons (Fsp3) is 0.567. The zero-order chi connectivity index (χ0) is 26.5. The Kier molecular flexibility index (Phi) is 8.85. The topological polar surface area (TPSA) is 71.9 Å². The van der Waals surface area contributed by atoms with Crippen LogP contribution < -0.4 is 0 Å². The minimum Gasteiger partial charge on any atom is -0.499 e. The monoisotopic (exact) mass is 504 g/mol. The van der Waals surface area contributed by atoms with E-state index >= 15 is 0 Å². The van der Waals surface area contributed by atoms with E-state index in [1.54, 1.807) is 0 Å². The molecule has 0 aliphatic carbocycles. The lowest BCUT2D eigenvalue weighted by molar-refractivity contribution is 0.136. The summed E-state index contributed by atoms with van der Waals surface area (Å²) in [6, 6.07) is 6.61. The van der Waals surface area contributed by atoms with Crippen LogP contribution in [0.2, 0.25) is 0 Å². The van der Waals surface area contributed by atoms with Gasteiger partial charge < -0.3 is 14.6 Å². The lowest BCUT2D eigenvalue weighted by atomic mass is 9.93. The van der Waals surface area contributed by atoms with Crippen molar-refractivity contribution in [3.05, 3.63) is 52.9 Å². The van der Waals surface area contributed by atoms with Crippen molar-refractivity contribution in [1.29, 1.82) is 0 Å². The van der Waals surface area contributed by atoms with Crippen molar-refractivity contribution in [3.63, 3.8) is 0 Å². The van der Waals surface area contributed by atoms with Gasteiger partial charge in [-0.3, -0.25) is 4.68 Å². The quantitative estimate of drug-likeness (QED) is 0.326. The highest BCUT2D eigenvalue weighted by molar-refractivity contribution is 5.62. The van der Waals surface area contributed by atoms with Gasteiger partial charge in [-0.25, -0.2) is 0 Å². The lowest BCUT2D eigenvalue weighted by Crippen LogP contribution is -2.36. The number of hydrogen-bond donors (Lipinski definition) is 1. The maximum absolute atomic E-state index is 5.65. The highest BCUT2D eigenvalue weighted by atomic mass is 16.5. The lowest BCUT2D eigenvalue weighted by Gasteiger charge is -2.32. The number of ether oxygens (including phenoxy) is 1. The molecular weight excluding hydrogens is 460 g/mol. The molecule has 0 spiro atoms. The van der Waals surface area contributed by atoms with E-state index in [-0.39, 0.29) is 0 Å². The number of H-pyrrole nitrogens is 1.